The number of hydrogen-bond donors (Lipinski definition) is 0. The van der Waals surface area contributed by atoms with Gasteiger partial charge in [0.25, 0.3) is 0 Å². The van der Waals surface area contributed by atoms with Crippen LogP contribution in [0.5, 0.6) is 0 Å². The van der Waals surface area contributed by atoms with Crippen molar-refractivity contribution < 1.29 is 9.59 Å². The smallest absolute Gasteiger partial charge is 0.211 e. The van der Waals surface area contributed by atoms with Gasteiger partial charge in [-0.25, -0.2) is 0 Å². The zero-order chi connectivity index (χ0) is 23.0. The van der Waals surface area contributed by atoms with Gasteiger partial charge in [0.1, 0.15) is 0 Å². The van der Waals surface area contributed by atoms with Crippen LogP contribution in [0.15, 0.2) is 45.9 Å². The van der Waals surface area contributed by atoms with E-state index in [0.29, 0.717) is 9.16 Å². The fraction of sp³-hybridized carbons (Fsp3) is 0.545. The van der Waals surface area contributed by atoms with Gasteiger partial charge in [-0.15, -0.1) is 47.0 Å². The first-order valence-electron chi connectivity index (χ1n) is 10.4. The van der Waals surface area contributed by atoms with Crippen molar-refractivity contribution in [1.82, 2.24) is 0 Å². The minimum atomic E-state index is 0.0597. The maximum Gasteiger partial charge on any atom is 0.211 e. The number of thioether (sulfide) groups is 8. The lowest BCUT2D eigenvalue weighted by Gasteiger charge is -2.09. The summed E-state index contributed by atoms with van der Waals surface area (Å²) in [7, 11) is 0. The van der Waals surface area contributed by atoms with E-state index in [1.807, 2.05) is 47.0 Å². The second-order valence-corrected chi connectivity index (χ2v) is 16.5. The van der Waals surface area contributed by atoms with Gasteiger partial charge in [-0.05, 0) is 60.2 Å². The molecule has 0 bridgehead atoms. The molecule has 0 saturated heterocycles. The monoisotopic (exact) mass is 582 g/mol. The first-order chi connectivity index (χ1) is 15.6. The molecule has 178 valence electrons. The van der Waals surface area contributed by atoms with Crippen molar-refractivity contribution in [3.05, 3.63) is 45.9 Å². The fourth-order valence-electron chi connectivity index (χ4n) is 2.57. The summed E-state index contributed by atoms with van der Waals surface area (Å²) in [6, 6.07) is 0. The van der Waals surface area contributed by atoms with Crippen LogP contribution >= 0.6 is 94.1 Å². The predicted octanol–water partition coefficient (Wildman–Crippen LogP) is 8.20. The molecule has 0 radical (unpaired) electrons. The maximum atomic E-state index is 11.3. The van der Waals surface area contributed by atoms with E-state index in [9.17, 15) is 9.59 Å². The molecule has 0 aromatic heterocycles. The molecule has 2 aliphatic heterocycles. The number of carbonyl (C=O) groups is 2. The Kier molecular flexibility index (Phi) is 16.8. The summed E-state index contributed by atoms with van der Waals surface area (Å²) < 4.78 is 1.25. The Hall–Kier alpha value is 1.10. The molecule has 0 amide bonds. The highest BCUT2D eigenvalue weighted by Crippen LogP contribution is 2.44. The molecule has 0 aromatic carbocycles. The molecule has 10 heteroatoms. The summed E-state index contributed by atoms with van der Waals surface area (Å²) in [5.74, 6) is 6.55. The van der Waals surface area contributed by atoms with Crippen molar-refractivity contribution in [2.75, 3.05) is 34.5 Å². The maximum absolute atomic E-state index is 11.3. The third-order valence-corrected chi connectivity index (χ3v) is 14.3. The quantitative estimate of drug-likeness (QED) is 0.124. The predicted molar refractivity (Wildman–Crippen MR) is 163 cm³/mol. The highest BCUT2D eigenvalue weighted by molar-refractivity contribution is 8.24. The van der Waals surface area contributed by atoms with Crippen molar-refractivity contribution in [3.8, 4) is 0 Å². The van der Waals surface area contributed by atoms with E-state index in [2.05, 4.69) is 47.5 Å². The van der Waals surface area contributed by atoms with Gasteiger partial charge in [-0.1, -0.05) is 36.7 Å². The Morgan fingerprint density at radius 3 is 1.62 bits per heavy atom. The van der Waals surface area contributed by atoms with E-state index in [4.69, 9.17) is 0 Å². The molecular weight excluding hydrogens is 553 g/mol. The van der Waals surface area contributed by atoms with E-state index < -0.39 is 0 Å². The standard InChI is InChI=1S/C22H30O2S8/c1-3-19(23)27-13-17-15-29-21(31-17)7-5-9-25-11-12-26-10-6-8-22-30-16-18(32-22)14-28-20(24)4-2/h3-4,15-16,21-22H,1-2,5-14H2. The van der Waals surface area contributed by atoms with Crippen LogP contribution in [0, 0.1) is 0 Å². The topological polar surface area (TPSA) is 34.1 Å². The molecule has 0 saturated carbocycles. The average Bonchev–Trinajstić information content (AvgIpc) is 3.46. The van der Waals surface area contributed by atoms with E-state index in [-0.39, 0.29) is 10.2 Å². The van der Waals surface area contributed by atoms with Crippen LogP contribution in [-0.2, 0) is 9.59 Å². The van der Waals surface area contributed by atoms with Crippen molar-refractivity contribution in [3.63, 3.8) is 0 Å². The summed E-state index contributed by atoms with van der Waals surface area (Å²) in [6.45, 7) is 7.03. The molecule has 2 rings (SSSR count). The molecule has 32 heavy (non-hydrogen) atoms. The Balaban J connectivity index is 1.34. The highest BCUT2D eigenvalue weighted by Gasteiger charge is 2.19. The van der Waals surface area contributed by atoms with Crippen molar-refractivity contribution >= 4 is 104 Å². The molecule has 2 heterocycles. The molecule has 0 spiro atoms. The van der Waals surface area contributed by atoms with Gasteiger partial charge in [0.05, 0.1) is 9.16 Å². The Labute approximate surface area is 227 Å². The second kappa shape index (κ2) is 18.4. The normalized spacial score (nSPS) is 20.1. The van der Waals surface area contributed by atoms with Crippen LogP contribution < -0.4 is 0 Å². The van der Waals surface area contributed by atoms with Crippen molar-refractivity contribution in [1.29, 1.82) is 0 Å². The molecule has 2 aliphatic rings. The summed E-state index contributed by atoms with van der Waals surface area (Å²) >= 11 is 14.5. The SMILES string of the molecule is C=CC(=O)SCC1=CSC(CCCSCCSCCCC2SC=C(CSC(=O)C=C)S2)S1. The van der Waals surface area contributed by atoms with Crippen molar-refractivity contribution in [2.24, 2.45) is 0 Å². The van der Waals surface area contributed by atoms with Crippen LogP contribution in [0.3, 0.4) is 0 Å². The average molecular weight is 583 g/mol. The summed E-state index contributed by atoms with van der Waals surface area (Å²) in [4.78, 5) is 25.3. The Bertz CT molecular complexity index is 633. The minimum Gasteiger partial charge on any atom is -0.282 e. The lowest BCUT2D eigenvalue weighted by molar-refractivity contribution is -0.107. The summed E-state index contributed by atoms with van der Waals surface area (Å²) in [5.41, 5.74) is 0. The number of carbonyl (C=O) groups excluding carboxylic acids is 2. The Morgan fingerprint density at radius 1 is 0.781 bits per heavy atom. The number of hydrogen-bond acceptors (Lipinski definition) is 10. The molecule has 2 nitrogen and oxygen atoms in total. The Morgan fingerprint density at radius 2 is 1.22 bits per heavy atom. The first-order valence-corrected chi connectivity index (χ1v) is 18.3. The summed E-state index contributed by atoms with van der Waals surface area (Å²) in [6.07, 6.45) is 7.79. The third kappa shape index (κ3) is 13.3. The van der Waals surface area contributed by atoms with Gasteiger partial charge in [0.15, 0.2) is 0 Å². The molecule has 2 unspecified atom stereocenters. The van der Waals surface area contributed by atoms with Crippen LogP contribution in [0.1, 0.15) is 25.7 Å². The lowest BCUT2D eigenvalue weighted by Crippen LogP contribution is -1.97. The molecule has 2 atom stereocenters. The van der Waals surface area contributed by atoms with Crippen LogP contribution in [0.2, 0.25) is 0 Å². The van der Waals surface area contributed by atoms with Gasteiger partial charge in [0, 0.05) is 32.8 Å². The fourth-order valence-corrected chi connectivity index (χ4v) is 11.7. The largest absolute Gasteiger partial charge is 0.282 e. The molecular formula is C22H30O2S8. The highest BCUT2D eigenvalue weighted by atomic mass is 32.2. The minimum absolute atomic E-state index is 0.0597. The van der Waals surface area contributed by atoms with Crippen LogP contribution in [-0.4, -0.2) is 53.9 Å². The zero-order valence-corrected chi connectivity index (χ0v) is 24.6. The van der Waals surface area contributed by atoms with Gasteiger partial charge in [0.2, 0.25) is 10.2 Å². The van der Waals surface area contributed by atoms with Gasteiger partial charge < -0.3 is 0 Å². The van der Waals surface area contributed by atoms with Gasteiger partial charge in [-0.2, -0.15) is 23.5 Å². The third-order valence-electron chi connectivity index (χ3n) is 4.14. The van der Waals surface area contributed by atoms with Crippen LogP contribution in [0.4, 0.5) is 0 Å². The van der Waals surface area contributed by atoms with Gasteiger partial charge in [-0.3, -0.25) is 9.59 Å². The second-order valence-electron chi connectivity index (χ2n) is 6.67. The van der Waals surface area contributed by atoms with Gasteiger partial charge >= 0.3 is 0 Å². The first kappa shape index (κ1) is 29.3. The molecule has 0 fully saturated rings. The van der Waals surface area contributed by atoms with E-state index >= 15 is 0 Å². The van der Waals surface area contributed by atoms with E-state index in [0.717, 1.165) is 11.5 Å². The van der Waals surface area contributed by atoms with Crippen LogP contribution in [0.25, 0.3) is 0 Å². The summed E-state index contributed by atoms with van der Waals surface area (Å²) in [5, 5.41) is 4.57. The van der Waals surface area contributed by atoms with Crippen molar-refractivity contribution in [2.45, 2.75) is 34.8 Å². The molecule has 0 N–H and O–H groups in total. The molecule has 0 aliphatic carbocycles. The van der Waals surface area contributed by atoms with E-state index in [1.54, 1.807) is 0 Å². The van der Waals surface area contributed by atoms with E-state index in [1.165, 1.54) is 94.2 Å². The zero-order valence-electron chi connectivity index (χ0n) is 18.0. The number of rotatable bonds is 17. The molecule has 0 aromatic rings. The lowest BCUT2D eigenvalue weighted by atomic mass is 10.4.